The van der Waals surface area contributed by atoms with E-state index in [0.29, 0.717) is 6.54 Å². The Hall–Kier alpha value is -2.19. The number of para-hydroxylation sites is 1. The van der Waals surface area contributed by atoms with Crippen molar-refractivity contribution in [3.8, 4) is 11.5 Å². The van der Waals surface area contributed by atoms with Crippen LogP contribution in [0.5, 0.6) is 11.5 Å². The highest BCUT2D eigenvalue weighted by Gasteiger charge is 2.13. The highest BCUT2D eigenvalue weighted by molar-refractivity contribution is 9.10. The van der Waals surface area contributed by atoms with Crippen LogP contribution in [0.3, 0.4) is 0 Å². The van der Waals surface area contributed by atoms with Gasteiger partial charge < -0.3 is 15.0 Å². The number of thiophene rings is 1. The SMILES string of the molecule is CN(C)CCN(CC(=O)Nc1ccc(Oc2ccccc2)cc1)Cc1cc(Br)cs1. The number of hydrogen-bond donors (Lipinski definition) is 1. The molecule has 3 aromatic rings. The molecule has 1 amide bonds. The number of ether oxygens (including phenoxy) is 1. The number of amides is 1. The maximum absolute atomic E-state index is 12.6. The number of carbonyl (C=O) groups is 1. The van der Waals surface area contributed by atoms with Gasteiger partial charge in [-0.25, -0.2) is 0 Å². The van der Waals surface area contributed by atoms with Crippen molar-refractivity contribution in [3.05, 3.63) is 75.4 Å². The second-order valence-electron chi connectivity index (χ2n) is 7.23. The third-order valence-corrected chi connectivity index (χ3v) is 6.03. The molecular weight excluding hydrogens is 462 g/mol. The molecule has 0 saturated carbocycles. The van der Waals surface area contributed by atoms with E-state index in [1.807, 2.05) is 68.7 Å². The number of carbonyl (C=O) groups excluding carboxylic acids is 1. The lowest BCUT2D eigenvalue weighted by molar-refractivity contribution is -0.117. The maximum atomic E-state index is 12.6. The van der Waals surface area contributed by atoms with Gasteiger partial charge in [0.1, 0.15) is 11.5 Å². The van der Waals surface area contributed by atoms with E-state index in [0.717, 1.165) is 41.3 Å². The number of nitrogens with zero attached hydrogens (tertiary/aromatic N) is 2. The lowest BCUT2D eigenvalue weighted by Gasteiger charge is -2.23. The summed E-state index contributed by atoms with van der Waals surface area (Å²) in [5.41, 5.74) is 0.756. The topological polar surface area (TPSA) is 44.8 Å². The predicted octanol–water partition coefficient (Wildman–Crippen LogP) is 5.31. The van der Waals surface area contributed by atoms with E-state index < -0.39 is 0 Å². The average molecular weight is 488 g/mol. The van der Waals surface area contributed by atoms with E-state index in [1.165, 1.54) is 4.88 Å². The van der Waals surface area contributed by atoms with Crippen LogP contribution in [0, 0.1) is 0 Å². The van der Waals surface area contributed by atoms with Gasteiger partial charge in [0.05, 0.1) is 6.54 Å². The maximum Gasteiger partial charge on any atom is 0.238 e. The first-order valence-electron chi connectivity index (χ1n) is 9.71. The van der Waals surface area contributed by atoms with Crippen molar-refractivity contribution in [1.82, 2.24) is 9.80 Å². The van der Waals surface area contributed by atoms with Crippen molar-refractivity contribution in [2.75, 3.05) is 39.0 Å². The van der Waals surface area contributed by atoms with E-state index in [1.54, 1.807) is 11.3 Å². The second kappa shape index (κ2) is 11.3. The Kier molecular flexibility index (Phi) is 8.45. The average Bonchev–Trinajstić information content (AvgIpc) is 3.13. The molecule has 0 unspecified atom stereocenters. The van der Waals surface area contributed by atoms with Crippen LogP contribution in [0.25, 0.3) is 0 Å². The summed E-state index contributed by atoms with van der Waals surface area (Å²) in [6.07, 6.45) is 0. The van der Waals surface area contributed by atoms with Crippen molar-refractivity contribution >= 4 is 38.9 Å². The van der Waals surface area contributed by atoms with Gasteiger partial charge in [-0.1, -0.05) is 18.2 Å². The lowest BCUT2D eigenvalue weighted by Crippen LogP contribution is -2.37. The lowest BCUT2D eigenvalue weighted by atomic mass is 10.3. The van der Waals surface area contributed by atoms with Gasteiger partial charge in [-0.3, -0.25) is 9.69 Å². The van der Waals surface area contributed by atoms with Gasteiger partial charge in [0.2, 0.25) is 5.91 Å². The molecule has 1 heterocycles. The minimum Gasteiger partial charge on any atom is -0.457 e. The summed E-state index contributed by atoms with van der Waals surface area (Å²) in [5.74, 6) is 1.49. The normalized spacial score (nSPS) is 11.1. The number of halogens is 1. The molecular formula is C23H26BrN3O2S. The Labute approximate surface area is 190 Å². The monoisotopic (exact) mass is 487 g/mol. The molecule has 0 aliphatic rings. The Morgan fingerprint density at radius 3 is 2.37 bits per heavy atom. The van der Waals surface area contributed by atoms with Gasteiger partial charge in [0.15, 0.2) is 0 Å². The molecule has 0 saturated heterocycles. The first-order chi connectivity index (χ1) is 14.5. The molecule has 0 fully saturated rings. The summed E-state index contributed by atoms with van der Waals surface area (Å²) in [4.78, 5) is 18.2. The zero-order valence-electron chi connectivity index (χ0n) is 17.2. The molecule has 0 aliphatic heterocycles. The summed E-state index contributed by atoms with van der Waals surface area (Å²) in [7, 11) is 4.08. The summed E-state index contributed by atoms with van der Waals surface area (Å²) < 4.78 is 6.88. The summed E-state index contributed by atoms with van der Waals surface area (Å²) in [6, 6.07) is 19.2. The fourth-order valence-electron chi connectivity index (χ4n) is 2.85. The molecule has 1 aromatic heterocycles. The highest BCUT2D eigenvalue weighted by atomic mass is 79.9. The van der Waals surface area contributed by atoms with Crippen molar-refractivity contribution in [3.63, 3.8) is 0 Å². The summed E-state index contributed by atoms with van der Waals surface area (Å²) in [5, 5.41) is 5.05. The van der Waals surface area contributed by atoms with E-state index in [-0.39, 0.29) is 5.91 Å². The zero-order chi connectivity index (χ0) is 21.3. The zero-order valence-corrected chi connectivity index (χ0v) is 19.6. The van der Waals surface area contributed by atoms with Crippen LogP contribution in [-0.2, 0) is 11.3 Å². The van der Waals surface area contributed by atoms with Crippen LogP contribution >= 0.6 is 27.3 Å². The summed E-state index contributed by atoms with van der Waals surface area (Å²) in [6.45, 7) is 2.80. The number of nitrogens with one attached hydrogen (secondary N) is 1. The molecule has 30 heavy (non-hydrogen) atoms. The Balaban J connectivity index is 1.55. The standard InChI is InChI=1S/C23H26BrN3O2S/c1-26(2)12-13-27(15-22-14-18(24)17-30-22)16-23(28)25-19-8-10-21(11-9-19)29-20-6-4-3-5-7-20/h3-11,14,17H,12-13,15-16H2,1-2H3,(H,25,28). The first kappa shape index (κ1) is 22.5. The smallest absolute Gasteiger partial charge is 0.238 e. The fourth-order valence-corrected chi connectivity index (χ4v) is 4.34. The van der Waals surface area contributed by atoms with Crippen LogP contribution in [-0.4, -0.2) is 49.4 Å². The van der Waals surface area contributed by atoms with Crippen molar-refractivity contribution in [2.24, 2.45) is 0 Å². The molecule has 2 aromatic carbocycles. The highest BCUT2D eigenvalue weighted by Crippen LogP contribution is 2.23. The molecule has 1 N–H and O–H groups in total. The molecule has 0 atom stereocenters. The van der Waals surface area contributed by atoms with Crippen molar-refractivity contribution < 1.29 is 9.53 Å². The molecule has 3 rings (SSSR count). The Morgan fingerprint density at radius 2 is 1.73 bits per heavy atom. The fraction of sp³-hybridized carbons (Fsp3) is 0.261. The van der Waals surface area contributed by atoms with Gasteiger partial charge in [-0.05, 0) is 72.5 Å². The van der Waals surface area contributed by atoms with Crippen LogP contribution in [0.2, 0.25) is 0 Å². The molecule has 5 nitrogen and oxygen atoms in total. The molecule has 0 spiro atoms. The number of benzene rings is 2. The van der Waals surface area contributed by atoms with Gasteiger partial charge in [-0.2, -0.15) is 0 Å². The number of anilines is 1. The largest absolute Gasteiger partial charge is 0.457 e. The molecule has 0 bridgehead atoms. The van der Waals surface area contributed by atoms with Crippen LogP contribution < -0.4 is 10.1 Å². The molecule has 158 valence electrons. The van der Waals surface area contributed by atoms with Crippen molar-refractivity contribution in [2.45, 2.75) is 6.54 Å². The Morgan fingerprint density at radius 1 is 1.03 bits per heavy atom. The predicted molar refractivity (Wildman–Crippen MR) is 127 cm³/mol. The van der Waals surface area contributed by atoms with Crippen LogP contribution in [0.4, 0.5) is 5.69 Å². The van der Waals surface area contributed by atoms with Gasteiger partial charge in [0.25, 0.3) is 0 Å². The van der Waals surface area contributed by atoms with E-state index >= 15 is 0 Å². The first-order valence-corrected chi connectivity index (χ1v) is 11.4. The van der Waals surface area contributed by atoms with Crippen LogP contribution in [0.15, 0.2) is 70.5 Å². The van der Waals surface area contributed by atoms with Crippen molar-refractivity contribution in [1.29, 1.82) is 0 Å². The third-order valence-electron chi connectivity index (χ3n) is 4.35. The minimum atomic E-state index is -0.0268. The molecule has 0 radical (unpaired) electrons. The Bertz CT molecular complexity index is 929. The third kappa shape index (κ3) is 7.57. The molecule has 7 heteroatoms. The second-order valence-corrected chi connectivity index (χ2v) is 9.14. The quantitative estimate of drug-likeness (QED) is 0.421. The number of hydrogen-bond acceptors (Lipinski definition) is 5. The van der Waals surface area contributed by atoms with E-state index in [2.05, 4.69) is 42.5 Å². The number of likely N-dealkylation sites (N-methyl/N-ethyl adjacent to an activating group) is 1. The van der Waals surface area contributed by atoms with Crippen LogP contribution in [0.1, 0.15) is 4.88 Å². The van der Waals surface area contributed by atoms with E-state index in [4.69, 9.17) is 4.74 Å². The minimum absolute atomic E-state index is 0.0268. The molecule has 0 aliphatic carbocycles. The van der Waals surface area contributed by atoms with Gasteiger partial charge in [0, 0.05) is 40.1 Å². The summed E-state index contributed by atoms with van der Waals surface area (Å²) >= 11 is 5.20. The van der Waals surface area contributed by atoms with Gasteiger partial charge in [-0.15, -0.1) is 11.3 Å². The number of rotatable bonds is 10. The van der Waals surface area contributed by atoms with E-state index in [9.17, 15) is 4.79 Å². The van der Waals surface area contributed by atoms with Gasteiger partial charge >= 0.3 is 0 Å².